The maximum absolute atomic E-state index is 12.5. The number of carbonyl (C=O) groups excluding carboxylic acids is 4. The van der Waals surface area contributed by atoms with Gasteiger partial charge < -0.3 is 10.1 Å². The summed E-state index contributed by atoms with van der Waals surface area (Å²) in [6.07, 6.45) is 0. The van der Waals surface area contributed by atoms with E-state index in [2.05, 4.69) is 5.32 Å². The van der Waals surface area contributed by atoms with Crippen LogP contribution in [0.2, 0.25) is 10.0 Å². The SMILES string of the molecule is O=C(COC(=O)CN1C(=O)c2cc(Cl)c(Cl)cc2C1=O)Nc1ccccc1-c1ccccc1. The average molecular weight is 483 g/mol. The van der Waals surface area contributed by atoms with Gasteiger partial charge in [0.15, 0.2) is 6.61 Å². The Hall–Kier alpha value is -3.68. The minimum atomic E-state index is -0.909. The van der Waals surface area contributed by atoms with Crippen molar-refractivity contribution < 1.29 is 23.9 Å². The molecule has 0 spiro atoms. The molecular formula is C24H16Cl2N2O5. The van der Waals surface area contributed by atoms with E-state index in [1.807, 2.05) is 42.5 Å². The van der Waals surface area contributed by atoms with E-state index in [4.69, 9.17) is 27.9 Å². The lowest BCUT2D eigenvalue weighted by Crippen LogP contribution is -2.36. The molecule has 0 saturated carbocycles. The first-order chi connectivity index (χ1) is 15.8. The van der Waals surface area contributed by atoms with Gasteiger partial charge in [-0.05, 0) is 23.8 Å². The van der Waals surface area contributed by atoms with E-state index in [0.29, 0.717) is 5.69 Å². The van der Waals surface area contributed by atoms with E-state index >= 15 is 0 Å². The second kappa shape index (κ2) is 9.44. The maximum atomic E-state index is 12.5. The van der Waals surface area contributed by atoms with Crippen LogP contribution < -0.4 is 5.32 Å². The largest absolute Gasteiger partial charge is 0.454 e. The van der Waals surface area contributed by atoms with Crippen molar-refractivity contribution in [1.29, 1.82) is 0 Å². The number of fused-ring (bicyclic) bond motifs is 1. The molecule has 3 aromatic carbocycles. The number of imide groups is 1. The molecular weight excluding hydrogens is 467 g/mol. The quantitative estimate of drug-likeness (QED) is 0.414. The normalized spacial score (nSPS) is 12.5. The van der Waals surface area contributed by atoms with Crippen molar-refractivity contribution in [2.45, 2.75) is 0 Å². The van der Waals surface area contributed by atoms with Crippen molar-refractivity contribution in [3.8, 4) is 11.1 Å². The van der Waals surface area contributed by atoms with Crippen molar-refractivity contribution in [3.05, 3.63) is 87.9 Å². The van der Waals surface area contributed by atoms with Crippen LogP contribution in [0, 0.1) is 0 Å². The lowest BCUT2D eigenvalue weighted by atomic mass is 10.0. The highest BCUT2D eigenvalue weighted by molar-refractivity contribution is 6.43. The molecule has 0 unspecified atom stereocenters. The van der Waals surface area contributed by atoms with E-state index in [1.165, 1.54) is 12.1 Å². The molecule has 3 aromatic rings. The first kappa shape index (κ1) is 22.5. The minimum Gasteiger partial charge on any atom is -0.454 e. The first-order valence-corrected chi connectivity index (χ1v) is 10.6. The number of halogens is 2. The monoisotopic (exact) mass is 482 g/mol. The van der Waals surface area contributed by atoms with E-state index in [9.17, 15) is 19.2 Å². The fourth-order valence-corrected chi connectivity index (χ4v) is 3.72. The Balaban J connectivity index is 1.36. The van der Waals surface area contributed by atoms with Gasteiger partial charge in [-0.15, -0.1) is 0 Å². The summed E-state index contributed by atoms with van der Waals surface area (Å²) in [6, 6.07) is 19.3. The summed E-state index contributed by atoms with van der Waals surface area (Å²) >= 11 is 11.8. The Morgan fingerprint density at radius 3 is 2.03 bits per heavy atom. The number of anilines is 1. The van der Waals surface area contributed by atoms with Crippen LogP contribution in [0.1, 0.15) is 20.7 Å². The number of nitrogens with zero attached hydrogens (tertiary/aromatic N) is 1. The summed E-state index contributed by atoms with van der Waals surface area (Å²) in [5, 5.41) is 2.95. The van der Waals surface area contributed by atoms with E-state index in [1.54, 1.807) is 12.1 Å². The zero-order valence-electron chi connectivity index (χ0n) is 17.0. The summed E-state index contributed by atoms with van der Waals surface area (Å²) in [7, 11) is 0. The molecule has 3 amide bonds. The number of ether oxygens (including phenoxy) is 1. The van der Waals surface area contributed by atoms with Crippen LogP contribution in [0.25, 0.3) is 11.1 Å². The second-order valence-corrected chi connectivity index (χ2v) is 7.94. The fraction of sp³-hybridized carbons (Fsp3) is 0.0833. The number of rotatable bonds is 6. The number of carbonyl (C=O) groups is 4. The third-order valence-corrected chi connectivity index (χ3v) is 5.67. The van der Waals surface area contributed by atoms with Crippen molar-refractivity contribution in [2.75, 3.05) is 18.5 Å². The van der Waals surface area contributed by atoms with Crippen molar-refractivity contribution in [1.82, 2.24) is 4.90 Å². The zero-order valence-corrected chi connectivity index (χ0v) is 18.5. The van der Waals surface area contributed by atoms with E-state index in [0.717, 1.165) is 16.0 Å². The summed E-state index contributed by atoms with van der Waals surface area (Å²) in [5.74, 6) is -2.85. The van der Waals surface area contributed by atoms with Crippen LogP contribution in [0.15, 0.2) is 66.7 Å². The van der Waals surface area contributed by atoms with Gasteiger partial charge in [0.25, 0.3) is 17.7 Å². The molecule has 0 atom stereocenters. The Labute approximate surface area is 198 Å². The molecule has 0 bridgehead atoms. The first-order valence-electron chi connectivity index (χ1n) is 9.80. The highest BCUT2D eigenvalue weighted by atomic mass is 35.5. The Morgan fingerprint density at radius 2 is 1.39 bits per heavy atom. The predicted molar refractivity (Wildman–Crippen MR) is 123 cm³/mol. The highest BCUT2D eigenvalue weighted by Crippen LogP contribution is 2.31. The van der Waals surface area contributed by atoms with Crippen LogP contribution in [-0.2, 0) is 14.3 Å². The molecule has 1 heterocycles. The summed E-state index contributed by atoms with van der Waals surface area (Å²) in [6.45, 7) is -1.22. The fourth-order valence-electron chi connectivity index (χ4n) is 3.40. The molecule has 0 fully saturated rings. The van der Waals surface area contributed by atoms with Gasteiger partial charge in [-0.3, -0.25) is 24.1 Å². The van der Waals surface area contributed by atoms with Gasteiger partial charge in [-0.1, -0.05) is 71.7 Å². The van der Waals surface area contributed by atoms with Gasteiger partial charge in [0.05, 0.1) is 21.2 Å². The molecule has 0 saturated heterocycles. The molecule has 1 aliphatic rings. The predicted octanol–water partition coefficient (Wildman–Crippen LogP) is 4.44. The third kappa shape index (κ3) is 4.74. The van der Waals surface area contributed by atoms with Crippen LogP contribution in [-0.4, -0.2) is 41.7 Å². The van der Waals surface area contributed by atoms with Crippen molar-refractivity contribution in [2.24, 2.45) is 0 Å². The smallest absolute Gasteiger partial charge is 0.326 e. The molecule has 0 aliphatic carbocycles. The number of esters is 1. The second-order valence-electron chi connectivity index (χ2n) is 7.13. The Bertz CT molecular complexity index is 1240. The number of nitrogens with one attached hydrogen (secondary N) is 1. The molecule has 4 rings (SSSR count). The molecule has 9 heteroatoms. The number of benzene rings is 3. The summed E-state index contributed by atoms with van der Waals surface area (Å²) < 4.78 is 4.98. The molecule has 1 aliphatic heterocycles. The van der Waals surface area contributed by atoms with Crippen molar-refractivity contribution >= 4 is 52.6 Å². The minimum absolute atomic E-state index is 0.0532. The van der Waals surface area contributed by atoms with Gasteiger partial charge in [-0.25, -0.2) is 0 Å². The lowest BCUT2D eigenvalue weighted by molar-refractivity contribution is -0.147. The number of para-hydroxylation sites is 1. The van der Waals surface area contributed by atoms with Crippen LogP contribution in [0.3, 0.4) is 0 Å². The van der Waals surface area contributed by atoms with E-state index < -0.39 is 36.8 Å². The summed E-state index contributed by atoms with van der Waals surface area (Å²) in [5.41, 5.74) is 2.38. The van der Waals surface area contributed by atoms with Crippen LogP contribution in [0.4, 0.5) is 5.69 Å². The molecule has 33 heavy (non-hydrogen) atoms. The van der Waals surface area contributed by atoms with Crippen molar-refractivity contribution in [3.63, 3.8) is 0 Å². The highest BCUT2D eigenvalue weighted by Gasteiger charge is 2.37. The lowest BCUT2D eigenvalue weighted by Gasteiger charge is -2.14. The standard InChI is InChI=1S/C24H16Cl2N2O5/c25-18-10-16-17(11-19(18)26)24(32)28(23(16)31)12-22(30)33-13-21(29)27-20-9-5-4-8-15(20)14-6-2-1-3-7-14/h1-11H,12-13H2,(H,27,29). The average Bonchev–Trinajstić information content (AvgIpc) is 3.03. The molecule has 7 nitrogen and oxygen atoms in total. The topological polar surface area (TPSA) is 92.8 Å². The van der Waals surface area contributed by atoms with Gasteiger partial charge in [-0.2, -0.15) is 0 Å². The number of hydrogen-bond donors (Lipinski definition) is 1. The Kier molecular flexibility index (Phi) is 6.44. The molecule has 166 valence electrons. The molecule has 1 N–H and O–H groups in total. The van der Waals surface area contributed by atoms with Crippen LogP contribution >= 0.6 is 23.2 Å². The van der Waals surface area contributed by atoms with Gasteiger partial charge in [0, 0.05) is 11.3 Å². The molecule has 0 radical (unpaired) electrons. The van der Waals surface area contributed by atoms with Gasteiger partial charge >= 0.3 is 5.97 Å². The molecule has 0 aromatic heterocycles. The number of amides is 3. The maximum Gasteiger partial charge on any atom is 0.326 e. The van der Waals surface area contributed by atoms with Gasteiger partial charge in [0.1, 0.15) is 6.54 Å². The summed E-state index contributed by atoms with van der Waals surface area (Å²) in [4.78, 5) is 50.2. The zero-order chi connectivity index (χ0) is 23.5. The van der Waals surface area contributed by atoms with Gasteiger partial charge in [0.2, 0.25) is 0 Å². The number of hydrogen-bond acceptors (Lipinski definition) is 5. The Morgan fingerprint density at radius 1 is 0.818 bits per heavy atom. The third-order valence-electron chi connectivity index (χ3n) is 4.95. The van der Waals surface area contributed by atoms with Crippen LogP contribution in [0.5, 0.6) is 0 Å². The van der Waals surface area contributed by atoms with E-state index in [-0.39, 0.29) is 21.2 Å².